The third-order valence-corrected chi connectivity index (χ3v) is 3.58. The first kappa shape index (κ1) is 11.3. The van der Waals surface area contributed by atoms with E-state index in [4.69, 9.17) is 23.2 Å². The molecule has 15 heavy (non-hydrogen) atoms. The molecule has 1 aromatic rings. The Morgan fingerprint density at radius 3 is 2.60 bits per heavy atom. The lowest BCUT2D eigenvalue weighted by Gasteiger charge is -2.30. The fourth-order valence-electron chi connectivity index (χ4n) is 1.87. The van der Waals surface area contributed by atoms with Crippen LogP contribution >= 0.6 is 23.2 Å². The van der Waals surface area contributed by atoms with Gasteiger partial charge in [0.15, 0.2) is 0 Å². The molecule has 0 spiro atoms. The van der Waals surface area contributed by atoms with Gasteiger partial charge in [-0.1, -0.05) is 35.7 Å². The van der Waals surface area contributed by atoms with Crippen molar-refractivity contribution in [1.82, 2.24) is 5.32 Å². The van der Waals surface area contributed by atoms with Gasteiger partial charge in [-0.25, -0.2) is 0 Å². The SMILES string of the molecule is C[C@H](NC1CCC1)c1ccc(Cl)cc1Cl. The van der Waals surface area contributed by atoms with Crippen LogP contribution in [-0.2, 0) is 0 Å². The zero-order valence-corrected chi connectivity index (χ0v) is 10.3. The van der Waals surface area contributed by atoms with Crippen LogP contribution < -0.4 is 5.32 Å². The average Bonchev–Trinajstić information content (AvgIpc) is 2.11. The first-order chi connectivity index (χ1) is 7.16. The monoisotopic (exact) mass is 243 g/mol. The highest BCUT2D eigenvalue weighted by atomic mass is 35.5. The van der Waals surface area contributed by atoms with Crippen molar-refractivity contribution in [2.75, 3.05) is 0 Å². The summed E-state index contributed by atoms with van der Waals surface area (Å²) in [5.41, 5.74) is 1.13. The van der Waals surface area contributed by atoms with E-state index in [-0.39, 0.29) is 0 Å². The minimum atomic E-state index is 0.306. The predicted molar refractivity (Wildman–Crippen MR) is 65.7 cm³/mol. The zero-order valence-electron chi connectivity index (χ0n) is 8.76. The maximum Gasteiger partial charge on any atom is 0.0468 e. The van der Waals surface area contributed by atoms with E-state index in [0.717, 1.165) is 10.6 Å². The summed E-state index contributed by atoms with van der Waals surface area (Å²) in [4.78, 5) is 0. The highest BCUT2D eigenvalue weighted by Crippen LogP contribution is 2.28. The van der Waals surface area contributed by atoms with Crippen molar-refractivity contribution in [2.24, 2.45) is 0 Å². The molecule has 0 bridgehead atoms. The van der Waals surface area contributed by atoms with Crippen LogP contribution in [0.4, 0.5) is 0 Å². The Bertz CT molecular complexity index is 347. The molecule has 0 unspecified atom stereocenters. The molecule has 0 aliphatic heterocycles. The summed E-state index contributed by atoms with van der Waals surface area (Å²) >= 11 is 12.0. The molecular weight excluding hydrogens is 229 g/mol. The van der Waals surface area contributed by atoms with E-state index >= 15 is 0 Å². The van der Waals surface area contributed by atoms with E-state index in [0.29, 0.717) is 17.1 Å². The van der Waals surface area contributed by atoms with Crippen LogP contribution in [-0.4, -0.2) is 6.04 Å². The number of hydrogen-bond donors (Lipinski definition) is 1. The van der Waals surface area contributed by atoms with Crippen molar-refractivity contribution in [3.8, 4) is 0 Å². The average molecular weight is 244 g/mol. The van der Waals surface area contributed by atoms with Crippen molar-refractivity contribution in [1.29, 1.82) is 0 Å². The molecule has 1 saturated carbocycles. The Balaban J connectivity index is 2.06. The quantitative estimate of drug-likeness (QED) is 0.840. The first-order valence-corrected chi connectivity index (χ1v) is 6.13. The molecule has 1 aliphatic rings. The molecule has 1 aromatic carbocycles. The molecule has 1 nitrogen and oxygen atoms in total. The first-order valence-electron chi connectivity index (χ1n) is 5.38. The zero-order chi connectivity index (χ0) is 10.8. The summed E-state index contributed by atoms with van der Waals surface area (Å²) in [6, 6.07) is 6.67. The second-order valence-corrected chi connectivity index (χ2v) is 5.03. The molecule has 0 radical (unpaired) electrons. The molecule has 0 heterocycles. The summed E-state index contributed by atoms with van der Waals surface area (Å²) in [6.07, 6.45) is 3.92. The minimum Gasteiger partial charge on any atom is -0.307 e. The van der Waals surface area contributed by atoms with Crippen LogP contribution in [0.1, 0.15) is 37.8 Å². The lowest BCUT2D eigenvalue weighted by Crippen LogP contribution is -2.36. The van der Waals surface area contributed by atoms with Gasteiger partial charge in [-0.15, -0.1) is 0 Å². The maximum atomic E-state index is 6.14. The van der Waals surface area contributed by atoms with Crippen LogP contribution in [0, 0.1) is 0 Å². The topological polar surface area (TPSA) is 12.0 Å². The van der Waals surface area contributed by atoms with E-state index in [1.165, 1.54) is 19.3 Å². The van der Waals surface area contributed by atoms with Gasteiger partial charge in [0.2, 0.25) is 0 Å². The Hall–Kier alpha value is -0.240. The van der Waals surface area contributed by atoms with Gasteiger partial charge in [-0.3, -0.25) is 0 Å². The Labute approximate surface area is 101 Å². The van der Waals surface area contributed by atoms with Gasteiger partial charge >= 0.3 is 0 Å². The lowest BCUT2D eigenvalue weighted by molar-refractivity contribution is 0.313. The number of halogens is 2. The molecule has 2 rings (SSSR count). The maximum absolute atomic E-state index is 6.14. The van der Waals surface area contributed by atoms with E-state index in [9.17, 15) is 0 Å². The molecule has 82 valence electrons. The highest BCUT2D eigenvalue weighted by molar-refractivity contribution is 6.35. The third-order valence-electron chi connectivity index (χ3n) is 3.02. The van der Waals surface area contributed by atoms with Crippen molar-refractivity contribution in [3.63, 3.8) is 0 Å². The van der Waals surface area contributed by atoms with Gasteiger partial charge in [0.1, 0.15) is 0 Å². The summed E-state index contributed by atoms with van der Waals surface area (Å²) in [6.45, 7) is 2.15. The summed E-state index contributed by atoms with van der Waals surface area (Å²) in [5, 5.41) is 5.01. The minimum absolute atomic E-state index is 0.306. The fourth-order valence-corrected chi connectivity index (χ4v) is 2.44. The Morgan fingerprint density at radius 1 is 1.33 bits per heavy atom. The molecule has 1 N–H and O–H groups in total. The summed E-state index contributed by atoms with van der Waals surface area (Å²) in [7, 11) is 0. The molecule has 0 amide bonds. The van der Waals surface area contributed by atoms with E-state index in [1.54, 1.807) is 6.07 Å². The normalized spacial score (nSPS) is 18.6. The van der Waals surface area contributed by atoms with E-state index in [1.807, 2.05) is 12.1 Å². The highest BCUT2D eigenvalue weighted by Gasteiger charge is 2.20. The van der Waals surface area contributed by atoms with Crippen molar-refractivity contribution < 1.29 is 0 Å². The number of hydrogen-bond acceptors (Lipinski definition) is 1. The van der Waals surface area contributed by atoms with Crippen molar-refractivity contribution >= 4 is 23.2 Å². The largest absolute Gasteiger partial charge is 0.307 e. The second kappa shape index (κ2) is 4.73. The van der Waals surface area contributed by atoms with Crippen LogP contribution in [0.5, 0.6) is 0 Å². The van der Waals surface area contributed by atoms with Crippen molar-refractivity contribution in [3.05, 3.63) is 33.8 Å². The van der Waals surface area contributed by atoms with Crippen LogP contribution in [0.2, 0.25) is 10.0 Å². The molecule has 0 aromatic heterocycles. The smallest absolute Gasteiger partial charge is 0.0468 e. The van der Waals surface area contributed by atoms with Gasteiger partial charge in [-0.05, 0) is 37.5 Å². The van der Waals surface area contributed by atoms with Gasteiger partial charge in [-0.2, -0.15) is 0 Å². The Morgan fingerprint density at radius 2 is 2.07 bits per heavy atom. The van der Waals surface area contributed by atoms with Crippen LogP contribution in [0.3, 0.4) is 0 Å². The molecule has 0 saturated heterocycles. The number of benzene rings is 1. The van der Waals surface area contributed by atoms with E-state index in [2.05, 4.69) is 12.2 Å². The van der Waals surface area contributed by atoms with Gasteiger partial charge in [0.05, 0.1) is 0 Å². The van der Waals surface area contributed by atoms with Gasteiger partial charge in [0, 0.05) is 22.1 Å². The summed E-state index contributed by atoms with van der Waals surface area (Å²) < 4.78 is 0. The van der Waals surface area contributed by atoms with Crippen LogP contribution in [0.15, 0.2) is 18.2 Å². The third kappa shape index (κ3) is 2.66. The molecule has 1 atom stereocenters. The number of nitrogens with one attached hydrogen (secondary N) is 1. The second-order valence-electron chi connectivity index (χ2n) is 4.18. The molecule has 3 heteroatoms. The molecule has 1 fully saturated rings. The standard InChI is InChI=1S/C12H15Cl2N/c1-8(15-10-3-2-4-10)11-6-5-9(13)7-12(11)14/h5-8,10,15H,2-4H2,1H3/t8-/m0/s1. The number of rotatable bonds is 3. The van der Waals surface area contributed by atoms with E-state index < -0.39 is 0 Å². The Kier molecular flexibility index (Phi) is 3.55. The van der Waals surface area contributed by atoms with Gasteiger partial charge in [0.25, 0.3) is 0 Å². The van der Waals surface area contributed by atoms with Crippen LogP contribution in [0.25, 0.3) is 0 Å². The van der Waals surface area contributed by atoms with Crippen molar-refractivity contribution in [2.45, 2.75) is 38.3 Å². The van der Waals surface area contributed by atoms with Gasteiger partial charge < -0.3 is 5.32 Å². The predicted octanol–water partition coefficient (Wildman–Crippen LogP) is 4.20. The summed E-state index contributed by atoms with van der Waals surface area (Å²) in [5.74, 6) is 0. The fraction of sp³-hybridized carbons (Fsp3) is 0.500. The molecular formula is C12H15Cl2N. The molecule has 1 aliphatic carbocycles. The lowest BCUT2D eigenvalue weighted by atomic mass is 9.92.